The second-order valence-corrected chi connectivity index (χ2v) is 10.9. The summed E-state index contributed by atoms with van der Waals surface area (Å²) in [6.07, 6.45) is 0.339. The molecule has 1 heterocycles. The molecule has 0 aromatic heterocycles. The van der Waals surface area contributed by atoms with Gasteiger partial charge in [0.25, 0.3) is 0 Å². The fourth-order valence-electron chi connectivity index (χ4n) is 1.20. The molecule has 0 amide bonds. The van der Waals surface area contributed by atoms with Crippen LogP contribution in [-0.4, -0.2) is 36.9 Å². The molecule has 0 spiro atoms. The summed E-state index contributed by atoms with van der Waals surface area (Å²) < 4.78 is 15.4. The van der Waals surface area contributed by atoms with E-state index in [9.17, 15) is 4.79 Å². The molecule has 6 heteroatoms. The third-order valence-electron chi connectivity index (χ3n) is 1.86. The summed E-state index contributed by atoms with van der Waals surface area (Å²) in [5.41, 5.74) is 0. The topological polar surface area (TPSA) is 44.8 Å². The van der Waals surface area contributed by atoms with Crippen LogP contribution in [0.15, 0.2) is 0 Å². The lowest BCUT2D eigenvalue weighted by Crippen LogP contribution is -2.27. The van der Waals surface area contributed by atoms with Crippen LogP contribution in [0.1, 0.15) is 6.42 Å². The lowest BCUT2D eigenvalue weighted by atomic mass is 10.3. The van der Waals surface area contributed by atoms with Gasteiger partial charge in [-0.3, -0.25) is 0 Å². The SMILES string of the molecule is C[Si](C)(C)O[SiH2]CCC1COC(=O)O1. The maximum atomic E-state index is 10.6. The van der Waals surface area contributed by atoms with E-state index >= 15 is 0 Å². The summed E-state index contributed by atoms with van der Waals surface area (Å²) >= 11 is 0. The van der Waals surface area contributed by atoms with Crippen LogP contribution in [0.25, 0.3) is 0 Å². The Hall–Kier alpha value is -0.336. The van der Waals surface area contributed by atoms with Gasteiger partial charge in [-0.2, -0.15) is 0 Å². The lowest BCUT2D eigenvalue weighted by Gasteiger charge is -2.17. The summed E-state index contributed by atoms with van der Waals surface area (Å²) in [5.74, 6) is 0. The first kappa shape index (κ1) is 11.7. The molecular formula is C8H18O4Si2. The molecule has 0 aromatic rings. The second-order valence-electron chi connectivity index (χ2n) is 4.40. The van der Waals surface area contributed by atoms with Crippen LogP contribution < -0.4 is 0 Å². The van der Waals surface area contributed by atoms with Crippen molar-refractivity contribution in [2.45, 2.75) is 38.2 Å². The molecule has 1 rings (SSSR count). The maximum Gasteiger partial charge on any atom is 0.508 e. The highest BCUT2D eigenvalue weighted by Gasteiger charge is 2.24. The van der Waals surface area contributed by atoms with Crippen molar-refractivity contribution in [2.75, 3.05) is 6.61 Å². The van der Waals surface area contributed by atoms with E-state index in [1.54, 1.807) is 0 Å². The molecule has 0 N–H and O–H groups in total. The van der Waals surface area contributed by atoms with Crippen LogP contribution in [-0.2, 0) is 13.6 Å². The van der Waals surface area contributed by atoms with Crippen molar-refractivity contribution in [3.05, 3.63) is 0 Å². The molecule has 1 saturated heterocycles. The highest BCUT2D eigenvalue weighted by molar-refractivity contribution is 6.73. The molecular weight excluding hydrogens is 216 g/mol. The first-order chi connectivity index (χ1) is 6.47. The normalized spacial score (nSPS) is 22.8. The number of cyclic esters (lactones) is 2. The Morgan fingerprint density at radius 3 is 2.79 bits per heavy atom. The highest BCUT2D eigenvalue weighted by Crippen LogP contribution is 2.12. The summed E-state index contributed by atoms with van der Waals surface area (Å²) in [4.78, 5) is 10.6. The standard InChI is InChI=1S/C8H18O4Si2/c1-14(2,3)12-13-5-4-7-6-10-8(9)11-7/h7H,4-6,13H2,1-3H3. The van der Waals surface area contributed by atoms with E-state index in [0.29, 0.717) is 6.61 Å². The molecule has 82 valence electrons. The highest BCUT2D eigenvalue weighted by atomic mass is 28.4. The van der Waals surface area contributed by atoms with Gasteiger partial charge < -0.3 is 13.6 Å². The van der Waals surface area contributed by atoms with Crippen LogP contribution in [0.4, 0.5) is 4.79 Å². The van der Waals surface area contributed by atoms with Crippen molar-refractivity contribution in [2.24, 2.45) is 0 Å². The van der Waals surface area contributed by atoms with Gasteiger partial charge in [0.1, 0.15) is 22.5 Å². The van der Waals surface area contributed by atoms with E-state index in [1.807, 2.05) is 0 Å². The number of carbonyl (C=O) groups excluding carboxylic acids is 1. The molecule has 0 aliphatic carbocycles. The third kappa shape index (κ3) is 4.78. The third-order valence-corrected chi connectivity index (χ3v) is 6.83. The Labute approximate surface area is 88.0 Å². The molecule has 1 atom stereocenters. The van der Waals surface area contributed by atoms with Crippen LogP contribution >= 0.6 is 0 Å². The summed E-state index contributed by atoms with van der Waals surface area (Å²) in [7, 11) is -1.75. The molecule has 1 fully saturated rings. The van der Waals surface area contributed by atoms with E-state index in [-0.39, 0.29) is 6.10 Å². The van der Waals surface area contributed by atoms with Gasteiger partial charge in [-0.05, 0) is 32.1 Å². The molecule has 1 aliphatic rings. The number of carbonyl (C=O) groups is 1. The number of hydrogen-bond acceptors (Lipinski definition) is 4. The zero-order chi connectivity index (χ0) is 10.6. The van der Waals surface area contributed by atoms with Crippen LogP contribution in [0.2, 0.25) is 25.7 Å². The molecule has 4 nitrogen and oxygen atoms in total. The molecule has 0 bridgehead atoms. The zero-order valence-corrected chi connectivity index (χ0v) is 11.5. The van der Waals surface area contributed by atoms with Gasteiger partial charge in [0.2, 0.25) is 0 Å². The molecule has 14 heavy (non-hydrogen) atoms. The Balaban J connectivity index is 2.02. The van der Waals surface area contributed by atoms with E-state index in [0.717, 1.165) is 12.5 Å². The first-order valence-corrected chi connectivity index (χ1v) is 9.93. The minimum atomic E-state index is -1.32. The molecule has 1 aliphatic heterocycles. The Kier molecular flexibility index (Phi) is 4.15. The summed E-state index contributed by atoms with van der Waals surface area (Å²) in [5, 5.41) is 0. The van der Waals surface area contributed by atoms with Crippen molar-refractivity contribution in [1.82, 2.24) is 0 Å². The van der Waals surface area contributed by atoms with E-state index in [4.69, 9.17) is 8.85 Å². The average molecular weight is 234 g/mol. The van der Waals surface area contributed by atoms with Gasteiger partial charge in [-0.15, -0.1) is 0 Å². The summed E-state index contributed by atoms with van der Waals surface area (Å²) in [6.45, 7) is 7.00. The molecule has 1 unspecified atom stereocenters. The minimum absolute atomic E-state index is 0.0276. The quantitative estimate of drug-likeness (QED) is 0.408. The number of rotatable bonds is 5. The van der Waals surface area contributed by atoms with Gasteiger partial charge in [-0.1, -0.05) is 0 Å². The van der Waals surface area contributed by atoms with Crippen molar-refractivity contribution in [3.63, 3.8) is 0 Å². The second kappa shape index (κ2) is 4.95. The molecule has 0 aromatic carbocycles. The minimum Gasteiger partial charge on any atom is -0.461 e. The predicted molar refractivity (Wildman–Crippen MR) is 58.6 cm³/mol. The first-order valence-electron chi connectivity index (χ1n) is 4.95. The molecule has 0 saturated carbocycles. The Morgan fingerprint density at radius 2 is 2.29 bits per heavy atom. The summed E-state index contributed by atoms with van der Waals surface area (Å²) in [6, 6.07) is 1.06. The van der Waals surface area contributed by atoms with Crippen molar-refractivity contribution >= 4 is 24.2 Å². The van der Waals surface area contributed by atoms with E-state index < -0.39 is 24.2 Å². The van der Waals surface area contributed by atoms with Crippen molar-refractivity contribution in [1.29, 1.82) is 0 Å². The van der Waals surface area contributed by atoms with Gasteiger partial charge in [0.05, 0.1) is 0 Å². The fraction of sp³-hybridized carbons (Fsp3) is 0.875. The Morgan fingerprint density at radius 1 is 1.57 bits per heavy atom. The van der Waals surface area contributed by atoms with Gasteiger partial charge >= 0.3 is 6.16 Å². The largest absolute Gasteiger partial charge is 0.508 e. The monoisotopic (exact) mass is 234 g/mol. The van der Waals surface area contributed by atoms with E-state index in [1.165, 1.54) is 0 Å². The van der Waals surface area contributed by atoms with Gasteiger partial charge in [0.15, 0.2) is 8.32 Å². The van der Waals surface area contributed by atoms with Crippen LogP contribution in [0.3, 0.4) is 0 Å². The van der Waals surface area contributed by atoms with Gasteiger partial charge in [0, 0.05) is 0 Å². The number of hydrogen-bond donors (Lipinski definition) is 0. The van der Waals surface area contributed by atoms with Gasteiger partial charge in [-0.25, -0.2) is 4.79 Å². The predicted octanol–water partition coefficient (Wildman–Crippen LogP) is 1.27. The Bertz CT molecular complexity index is 202. The molecule has 0 radical (unpaired) electrons. The van der Waals surface area contributed by atoms with Crippen molar-refractivity contribution < 1.29 is 18.4 Å². The van der Waals surface area contributed by atoms with Crippen LogP contribution in [0.5, 0.6) is 0 Å². The van der Waals surface area contributed by atoms with Crippen molar-refractivity contribution in [3.8, 4) is 0 Å². The maximum absolute atomic E-state index is 10.6. The lowest BCUT2D eigenvalue weighted by molar-refractivity contribution is 0.117. The average Bonchev–Trinajstić information content (AvgIpc) is 2.44. The van der Waals surface area contributed by atoms with Crippen LogP contribution in [0, 0.1) is 0 Å². The number of ether oxygens (including phenoxy) is 2. The van der Waals surface area contributed by atoms with E-state index in [2.05, 4.69) is 24.4 Å². The smallest absolute Gasteiger partial charge is 0.461 e. The fourth-order valence-corrected chi connectivity index (χ4v) is 4.85. The zero-order valence-electron chi connectivity index (χ0n) is 9.04.